The van der Waals surface area contributed by atoms with Crippen molar-refractivity contribution < 1.29 is 27.9 Å². The summed E-state index contributed by atoms with van der Waals surface area (Å²) in [5.41, 5.74) is -4.31. The average molecular weight is 393 g/mol. The number of aliphatic hydroxyl groups is 1. The van der Waals surface area contributed by atoms with Crippen LogP contribution in [0, 0.1) is 6.92 Å². The third-order valence-corrected chi connectivity index (χ3v) is 5.72. The van der Waals surface area contributed by atoms with Gasteiger partial charge in [-0.1, -0.05) is 19.3 Å². The smallest absolute Gasteiger partial charge is 0.374 e. The van der Waals surface area contributed by atoms with Gasteiger partial charge in [0.25, 0.3) is 0 Å². The van der Waals surface area contributed by atoms with Crippen LogP contribution >= 0.6 is 11.3 Å². The Morgan fingerprint density at radius 2 is 1.92 bits per heavy atom. The van der Waals surface area contributed by atoms with Crippen LogP contribution in [0.3, 0.4) is 0 Å². The van der Waals surface area contributed by atoms with Crippen LogP contribution in [0.1, 0.15) is 49.2 Å². The Balaban J connectivity index is 2.25. The summed E-state index contributed by atoms with van der Waals surface area (Å²) < 4.78 is 40.5. The third kappa shape index (κ3) is 4.01. The second-order valence-corrected chi connectivity index (χ2v) is 7.46. The maximum atomic E-state index is 13.5. The standard InChI is InChI=1S/C16H22F3N3O3S/c1-10-9-26-13(21-10)15(25,16(17,18)19)8-11(23)22-14(12(24)20-2)6-4-3-5-7-14/h9,25H,3-8H2,1-2H3,(H,20,24)(H,22,23). The first-order valence-corrected chi connectivity index (χ1v) is 9.17. The van der Waals surface area contributed by atoms with E-state index in [0.29, 0.717) is 42.7 Å². The molecule has 2 amide bonds. The summed E-state index contributed by atoms with van der Waals surface area (Å²) in [4.78, 5) is 28.4. The highest BCUT2D eigenvalue weighted by atomic mass is 32.1. The minimum absolute atomic E-state index is 0.321. The van der Waals surface area contributed by atoms with Gasteiger partial charge in [-0.2, -0.15) is 13.2 Å². The summed E-state index contributed by atoms with van der Waals surface area (Å²) in [6.07, 6.45) is -3.38. The molecule has 1 aliphatic carbocycles. The SMILES string of the molecule is CNC(=O)C1(NC(=O)CC(O)(c2nc(C)cs2)C(F)(F)F)CCCCC1. The Morgan fingerprint density at radius 3 is 2.38 bits per heavy atom. The van der Waals surface area contributed by atoms with Gasteiger partial charge in [-0.3, -0.25) is 9.59 Å². The van der Waals surface area contributed by atoms with Crippen molar-refractivity contribution in [3.8, 4) is 0 Å². The zero-order valence-electron chi connectivity index (χ0n) is 14.6. The molecule has 10 heteroatoms. The van der Waals surface area contributed by atoms with Crippen molar-refractivity contribution in [2.45, 2.75) is 62.8 Å². The van der Waals surface area contributed by atoms with Gasteiger partial charge in [-0.15, -0.1) is 11.3 Å². The molecule has 0 aliphatic heterocycles. The van der Waals surface area contributed by atoms with Crippen molar-refractivity contribution in [1.29, 1.82) is 0 Å². The van der Waals surface area contributed by atoms with Crippen LogP contribution in [0.25, 0.3) is 0 Å². The Bertz CT molecular complexity index is 671. The van der Waals surface area contributed by atoms with E-state index in [1.165, 1.54) is 19.4 Å². The predicted molar refractivity (Wildman–Crippen MR) is 89.4 cm³/mol. The number of hydrogen-bond acceptors (Lipinski definition) is 5. The molecule has 0 spiro atoms. The van der Waals surface area contributed by atoms with E-state index in [4.69, 9.17) is 0 Å². The monoisotopic (exact) mass is 393 g/mol. The molecule has 2 rings (SSSR count). The first kappa shape index (κ1) is 20.6. The lowest BCUT2D eigenvalue weighted by Gasteiger charge is -2.37. The molecule has 1 fully saturated rings. The fourth-order valence-corrected chi connectivity index (χ4v) is 4.10. The highest BCUT2D eigenvalue weighted by molar-refractivity contribution is 7.09. The zero-order valence-corrected chi connectivity index (χ0v) is 15.4. The van der Waals surface area contributed by atoms with Gasteiger partial charge >= 0.3 is 6.18 Å². The number of hydrogen-bond donors (Lipinski definition) is 3. The van der Waals surface area contributed by atoms with Crippen molar-refractivity contribution in [3.05, 3.63) is 16.1 Å². The largest absolute Gasteiger partial charge is 0.424 e. The topological polar surface area (TPSA) is 91.3 Å². The predicted octanol–water partition coefficient (Wildman–Crippen LogP) is 2.16. The minimum atomic E-state index is -5.08. The number of alkyl halides is 3. The molecule has 1 aromatic heterocycles. The lowest BCUT2D eigenvalue weighted by atomic mass is 9.80. The molecule has 1 aromatic rings. The maximum absolute atomic E-state index is 13.5. The molecule has 1 atom stereocenters. The van der Waals surface area contributed by atoms with E-state index in [0.717, 1.165) is 6.42 Å². The van der Waals surface area contributed by atoms with E-state index in [-0.39, 0.29) is 0 Å². The van der Waals surface area contributed by atoms with E-state index in [2.05, 4.69) is 15.6 Å². The van der Waals surface area contributed by atoms with Gasteiger partial charge in [0.15, 0.2) is 0 Å². The lowest BCUT2D eigenvalue weighted by Crippen LogP contribution is -2.60. The zero-order chi connectivity index (χ0) is 19.6. The molecule has 1 aliphatic rings. The Morgan fingerprint density at radius 1 is 1.31 bits per heavy atom. The van der Waals surface area contributed by atoms with Crippen molar-refractivity contribution in [3.63, 3.8) is 0 Å². The number of halogens is 3. The van der Waals surface area contributed by atoms with E-state index in [9.17, 15) is 27.9 Å². The molecular formula is C16H22F3N3O3S. The van der Waals surface area contributed by atoms with Crippen molar-refractivity contribution in [2.75, 3.05) is 7.05 Å². The molecular weight excluding hydrogens is 371 g/mol. The van der Waals surface area contributed by atoms with Gasteiger partial charge in [0, 0.05) is 18.1 Å². The number of aromatic nitrogens is 1. The Labute approximate surface area is 153 Å². The molecule has 1 saturated carbocycles. The van der Waals surface area contributed by atoms with E-state index in [1.807, 2.05) is 0 Å². The number of rotatable bonds is 5. The molecule has 1 heterocycles. The quantitative estimate of drug-likeness (QED) is 0.715. The third-order valence-electron chi connectivity index (χ3n) is 4.61. The molecule has 3 N–H and O–H groups in total. The molecule has 26 heavy (non-hydrogen) atoms. The summed E-state index contributed by atoms with van der Waals surface area (Å²) >= 11 is 0.641. The lowest BCUT2D eigenvalue weighted by molar-refractivity contribution is -0.267. The van der Waals surface area contributed by atoms with Gasteiger partial charge in [0.2, 0.25) is 17.4 Å². The number of aryl methyl sites for hydroxylation is 1. The van der Waals surface area contributed by atoms with Crippen molar-refractivity contribution in [1.82, 2.24) is 15.6 Å². The summed E-state index contributed by atoms with van der Waals surface area (Å²) in [5.74, 6) is -1.48. The molecule has 0 saturated heterocycles. The van der Waals surface area contributed by atoms with Crippen molar-refractivity contribution in [2.24, 2.45) is 0 Å². The van der Waals surface area contributed by atoms with Gasteiger partial charge in [-0.25, -0.2) is 4.98 Å². The van der Waals surface area contributed by atoms with Crippen LogP contribution in [-0.4, -0.2) is 40.7 Å². The van der Waals surface area contributed by atoms with Crippen LogP contribution in [0.5, 0.6) is 0 Å². The van der Waals surface area contributed by atoms with Gasteiger partial charge in [-0.05, 0) is 19.8 Å². The second kappa shape index (κ2) is 7.51. The number of nitrogens with zero attached hydrogens (tertiary/aromatic N) is 1. The molecule has 1 unspecified atom stereocenters. The fraction of sp³-hybridized carbons (Fsp3) is 0.688. The van der Waals surface area contributed by atoms with E-state index >= 15 is 0 Å². The Kier molecular flexibility index (Phi) is 5.96. The number of carbonyl (C=O) groups excluding carboxylic acids is 2. The molecule has 0 radical (unpaired) electrons. The number of likely N-dealkylation sites (N-methyl/N-ethyl adjacent to an activating group) is 1. The fourth-order valence-electron chi connectivity index (χ4n) is 3.19. The van der Waals surface area contributed by atoms with Crippen LogP contribution in [0.15, 0.2) is 5.38 Å². The number of thiazole rings is 1. The highest BCUT2D eigenvalue weighted by Crippen LogP contribution is 2.43. The van der Waals surface area contributed by atoms with E-state index in [1.54, 1.807) is 0 Å². The van der Waals surface area contributed by atoms with Crippen LogP contribution in [0.4, 0.5) is 13.2 Å². The first-order chi connectivity index (χ1) is 12.0. The summed E-state index contributed by atoms with van der Waals surface area (Å²) in [6, 6.07) is 0. The summed E-state index contributed by atoms with van der Waals surface area (Å²) in [6.45, 7) is 1.50. The molecule has 0 bridgehead atoms. The number of nitrogens with one attached hydrogen (secondary N) is 2. The van der Waals surface area contributed by atoms with E-state index < -0.39 is 40.6 Å². The first-order valence-electron chi connectivity index (χ1n) is 8.29. The molecule has 0 aromatic carbocycles. The summed E-state index contributed by atoms with van der Waals surface area (Å²) in [7, 11) is 1.41. The number of amides is 2. The van der Waals surface area contributed by atoms with Crippen LogP contribution in [0.2, 0.25) is 0 Å². The number of carbonyl (C=O) groups is 2. The van der Waals surface area contributed by atoms with Gasteiger partial charge < -0.3 is 15.7 Å². The average Bonchev–Trinajstić information content (AvgIpc) is 3.00. The maximum Gasteiger partial charge on any atom is 0.424 e. The van der Waals surface area contributed by atoms with Crippen LogP contribution in [-0.2, 0) is 15.2 Å². The second-order valence-electron chi connectivity index (χ2n) is 6.60. The molecule has 146 valence electrons. The van der Waals surface area contributed by atoms with Gasteiger partial charge in [0.1, 0.15) is 10.5 Å². The summed E-state index contributed by atoms with van der Waals surface area (Å²) in [5, 5.41) is 16.0. The van der Waals surface area contributed by atoms with Gasteiger partial charge in [0.05, 0.1) is 6.42 Å². The molecule has 6 nitrogen and oxygen atoms in total. The highest BCUT2D eigenvalue weighted by Gasteiger charge is 2.58. The van der Waals surface area contributed by atoms with Crippen molar-refractivity contribution >= 4 is 23.2 Å². The normalized spacial score (nSPS) is 19.5. The van der Waals surface area contributed by atoms with Crippen LogP contribution < -0.4 is 10.6 Å². The minimum Gasteiger partial charge on any atom is -0.374 e. The Hall–Kier alpha value is -1.68.